The van der Waals surface area contributed by atoms with Gasteiger partial charge in [-0.25, -0.2) is 4.79 Å². The summed E-state index contributed by atoms with van der Waals surface area (Å²) in [5, 5.41) is 2.77. The number of carbonyl (C=O) groups excluding carboxylic acids is 2. The molecule has 1 saturated carbocycles. The second-order valence-electron chi connectivity index (χ2n) is 4.76. The van der Waals surface area contributed by atoms with Crippen LogP contribution in [0.25, 0.3) is 0 Å². The summed E-state index contributed by atoms with van der Waals surface area (Å²) < 4.78 is 4.88. The molecule has 102 valence electrons. The Morgan fingerprint density at radius 3 is 2.42 bits per heavy atom. The molecule has 2 rings (SSSR count). The van der Waals surface area contributed by atoms with E-state index < -0.39 is 5.54 Å². The summed E-state index contributed by atoms with van der Waals surface area (Å²) in [6.45, 7) is 2.10. The summed E-state index contributed by atoms with van der Waals surface area (Å²) in [4.78, 5) is 23.4. The van der Waals surface area contributed by atoms with E-state index in [4.69, 9.17) is 10.5 Å². The van der Waals surface area contributed by atoms with E-state index in [9.17, 15) is 9.59 Å². The maximum absolute atomic E-state index is 11.9. The van der Waals surface area contributed by atoms with E-state index in [1.54, 1.807) is 31.2 Å². The fourth-order valence-corrected chi connectivity index (χ4v) is 1.94. The van der Waals surface area contributed by atoms with Crippen LogP contribution in [0, 0.1) is 0 Å². The lowest BCUT2D eigenvalue weighted by molar-refractivity contribution is -0.123. The van der Waals surface area contributed by atoms with Gasteiger partial charge in [-0.2, -0.15) is 0 Å². The van der Waals surface area contributed by atoms with Crippen LogP contribution in [0.15, 0.2) is 24.3 Å². The zero-order valence-electron chi connectivity index (χ0n) is 10.9. The number of hydrogen-bond donors (Lipinski definition) is 2. The predicted octanol–water partition coefficient (Wildman–Crippen LogP) is 1.68. The molecule has 0 bridgehead atoms. The summed E-state index contributed by atoms with van der Waals surface area (Å²) in [5.74, 6) is -0.530. The zero-order chi connectivity index (χ0) is 13.9. The van der Waals surface area contributed by atoms with Gasteiger partial charge >= 0.3 is 5.97 Å². The quantitative estimate of drug-likeness (QED) is 0.809. The van der Waals surface area contributed by atoms with Crippen LogP contribution in [-0.2, 0) is 9.53 Å². The average Bonchev–Trinajstić information content (AvgIpc) is 2.37. The second-order valence-corrected chi connectivity index (χ2v) is 4.76. The van der Waals surface area contributed by atoms with E-state index in [1.165, 1.54) is 0 Å². The zero-order valence-corrected chi connectivity index (χ0v) is 10.9. The van der Waals surface area contributed by atoms with Crippen molar-refractivity contribution in [3.63, 3.8) is 0 Å². The Morgan fingerprint density at radius 2 is 1.95 bits per heavy atom. The van der Waals surface area contributed by atoms with Crippen LogP contribution in [0.4, 0.5) is 5.69 Å². The SMILES string of the molecule is CCOC(=O)c1ccc(NC(=O)C2(N)CCC2)cc1. The average molecular weight is 262 g/mol. The van der Waals surface area contributed by atoms with Gasteiger partial charge in [0.2, 0.25) is 5.91 Å². The van der Waals surface area contributed by atoms with Crippen molar-refractivity contribution in [2.24, 2.45) is 5.73 Å². The van der Waals surface area contributed by atoms with Crippen molar-refractivity contribution in [3.05, 3.63) is 29.8 Å². The molecule has 0 atom stereocenters. The van der Waals surface area contributed by atoms with Crippen molar-refractivity contribution in [3.8, 4) is 0 Å². The Hall–Kier alpha value is -1.88. The van der Waals surface area contributed by atoms with E-state index in [0.29, 0.717) is 17.9 Å². The largest absolute Gasteiger partial charge is 0.462 e. The minimum absolute atomic E-state index is 0.164. The molecule has 0 aliphatic heterocycles. The Labute approximate surface area is 112 Å². The van der Waals surface area contributed by atoms with Crippen molar-refractivity contribution in [1.29, 1.82) is 0 Å². The molecule has 0 spiro atoms. The Kier molecular flexibility index (Phi) is 3.85. The Morgan fingerprint density at radius 1 is 1.32 bits per heavy atom. The number of rotatable bonds is 4. The molecule has 0 aromatic heterocycles. The van der Waals surface area contributed by atoms with Crippen LogP contribution >= 0.6 is 0 Å². The minimum Gasteiger partial charge on any atom is -0.462 e. The van der Waals surface area contributed by atoms with Crippen molar-refractivity contribution in [2.75, 3.05) is 11.9 Å². The maximum Gasteiger partial charge on any atom is 0.338 e. The summed E-state index contributed by atoms with van der Waals surface area (Å²) in [7, 11) is 0. The molecule has 0 radical (unpaired) electrons. The first-order valence-corrected chi connectivity index (χ1v) is 6.43. The molecule has 1 aliphatic carbocycles. The maximum atomic E-state index is 11.9. The third kappa shape index (κ3) is 2.93. The van der Waals surface area contributed by atoms with Crippen molar-refractivity contribution < 1.29 is 14.3 Å². The third-order valence-corrected chi connectivity index (χ3v) is 3.35. The number of hydrogen-bond acceptors (Lipinski definition) is 4. The molecule has 1 aliphatic rings. The highest BCUT2D eigenvalue weighted by atomic mass is 16.5. The van der Waals surface area contributed by atoms with Gasteiger partial charge in [-0.05, 0) is 50.5 Å². The topological polar surface area (TPSA) is 81.4 Å². The Balaban J connectivity index is 1.99. The van der Waals surface area contributed by atoms with Gasteiger partial charge in [-0.1, -0.05) is 0 Å². The monoisotopic (exact) mass is 262 g/mol. The molecule has 1 amide bonds. The second kappa shape index (κ2) is 5.40. The van der Waals surface area contributed by atoms with Gasteiger partial charge < -0.3 is 15.8 Å². The number of ether oxygens (including phenoxy) is 1. The van der Waals surface area contributed by atoms with Crippen molar-refractivity contribution in [2.45, 2.75) is 31.7 Å². The van der Waals surface area contributed by atoms with Gasteiger partial charge in [0.25, 0.3) is 0 Å². The van der Waals surface area contributed by atoms with Gasteiger partial charge in [0, 0.05) is 5.69 Å². The standard InChI is InChI=1S/C14H18N2O3/c1-2-19-12(17)10-4-6-11(7-5-10)16-13(18)14(15)8-3-9-14/h4-7H,2-3,8-9,15H2,1H3,(H,16,18). The highest BCUT2D eigenvalue weighted by Crippen LogP contribution is 2.30. The molecule has 19 heavy (non-hydrogen) atoms. The molecular formula is C14H18N2O3. The smallest absolute Gasteiger partial charge is 0.338 e. The molecule has 0 saturated heterocycles. The minimum atomic E-state index is -0.722. The van der Waals surface area contributed by atoms with Gasteiger partial charge in [-0.15, -0.1) is 0 Å². The van der Waals surface area contributed by atoms with E-state index in [-0.39, 0.29) is 11.9 Å². The predicted molar refractivity (Wildman–Crippen MR) is 71.8 cm³/mol. The molecule has 5 heteroatoms. The molecule has 0 unspecified atom stereocenters. The fourth-order valence-electron chi connectivity index (χ4n) is 1.94. The molecule has 1 fully saturated rings. The number of amides is 1. The first-order valence-electron chi connectivity index (χ1n) is 6.43. The first-order chi connectivity index (χ1) is 9.05. The summed E-state index contributed by atoms with van der Waals surface area (Å²) in [5.41, 5.74) is 6.30. The first kappa shape index (κ1) is 13.5. The van der Waals surface area contributed by atoms with E-state index in [0.717, 1.165) is 19.3 Å². The number of nitrogens with one attached hydrogen (secondary N) is 1. The number of esters is 1. The fraction of sp³-hybridized carbons (Fsp3) is 0.429. The van der Waals surface area contributed by atoms with Crippen LogP contribution in [0.1, 0.15) is 36.5 Å². The number of carbonyl (C=O) groups is 2. The van der Waals surface area contributed by atoms with Gasteiger partial charge in [0.05, 0.1) is 17.7 Å². The molecule has 1 aromatic carbocycles. The molecule has 3 N–H and O–H groups in total. The van der Waals surface area contributed by atoms with Crippen LogP contribution in [-0.4, -0.2) is 24.0 Å². The highest BCUT2D eigenvalue weighted by molar-refractivity contribution is 5.99. The van der Waals surface area contributed by atoms with Crippen LogP contribution in [0.5, 0.6) is 0 Å². The lowest BCUT2D eigenvalue weighted by Gasteiger charge is -2.36. The highest BCUT2D eigenvalue weighted by Gasteiger charge is 2.40. The molecular weight excluding hydrogens is 244 g/mol. The van der Waals surface area contributed by atoms with Crippen LogP contribution < -0.4 is 11.1 Å². The van der Waals surface area contributed by atoms with Crippen molar-refractivity contribution in [1.82, 2.24) is 0 Å². The van der Waals surface area contributed by atoms with Crippen molar-refractivity contribution >= 4 is 17.6 Å². The summed E-state index contributed by atoms with van der Waals surface area (Å²) >= 11 is 0. The summed E-state index contributed by atoms with van der Waals surface area (Å²) in [6.07, 6.45) is 2.44. The molecule has 1 aromatic rings. The van der Waals surface area contributed by atoms with Gasteiger partial charge in [-0.3, -0.25) is 4.79 Å². The molecule has 5 nitrogen and oxygen atoms in total. The lowest BCUT2D eigenvalue weighted by atomic mass is 9.77. The number of anilines is 1. The van der Waals surface area contributed by atoms with Crippen LogP contribution in [0.3, 0.4) is 0 Å². The van der Waals surface area contributed by atoms with E-state index in [2.05, 4.69) is 5.32 Å². The number of benzene rings is 1. The van der Waals surface area contributed by atoms with E-state index >= 15 is 0 Å². The van der Waals surface area contributed by atoms with Gasteiger partial charge in [0.15, 0.2) is 0 Å². The Bertz CT molecular complexity index is 478. The molecule has 0 heterocycles. The number of nitrogens with two attached hydrogens (primary N) is 1. The normalized spacial score (nSPS) is 16.3. The van der Waals surface area contributed by atoms with Crippen LogP contribution in [0.2, 0.25) is 0 Å². The summed E-state index contributed by atoms with van der Waals surface area (Å²) in [6, 6.07) is 6.59. The van der Waals surface area contributed by atoms with Gasteiger partial charge in [0.1, 0.15) is 0 Å². The van der Waals surface area contributed by atoms with E-state index in [1.807, 2.05) is 0 Å². The third-order valence-electron chi connectivity index (χ3n) is 3.35. The lowest BCUT2D eigenvalue weighted by Crippen LogP contribution is -2.56.